The Morgan fingerprint density at radius 3 is 1.04 bits per heavy atom. The van der Waals surface area contributed by atoms with Crippen LogP contribution in [0.2, 0.25) is 0 Å². The first-order valence-electron chi connectivity index (χ1n) is 30.3. The summed E-state index contributed by atoms with van der Waals surface area (Å²) in [7, 11) is -4.34. The average Bonchev–Trinajstić information content (AvgIpc) is 3.33. The van der Waals surface area contributed by atoms with Crippen LogP contribution in [0.5, 0.6) is 0 Å². The number of carbonyl (C=O) groups is 1. The molecule has 1 amide bonds. The van der Waals surface area contributed by atoms with E-state index in [1.54, 1.807) is 6.08 Å². The minimum absolute atomic E-state index is 0.0818. The molecular weight excluding hydrogens is 864 g/mol. The van der Waals surface area contributed by atoms with E-state index >= 15 is 0 Å². The Hall–Kier alpha value is -0.760. The van der Waals surface area contributed by atoms with Gasteiger partial charge < -0.3 is 21.1 Å². The highest BCUT2D eigenvalue weighted by atomic mass is 31.2. The first-order chi connectivity index (χ1) is 33.4. The lowest BCUT2D eigenvalue weighted by molar-refractivity contribution is -0.123. The molecule has 0 rings (SSSR count). The molecule has 1 unspecified atom stereocenters. The van der Waals surface area contributed by atoms with Gasteiger partial charge in [0.05, 0.1) is 25.4 Å². The van der Waals surface area contributed by atoms with Crippen LogP contribution in [0.15, 0.2) is 12.2 Å². The van der Waals surface area contributed by atoms with Crippen molar-refractivity contribution in [2.75, 3.05) is 19.8 Å². The number of aliphatic hydroxyl groups excluding tert-OH is 1. The SMILES string of the molecule is CCCCCCCCCCCCCCCC/C=C/[C@@H](O)[C@H](COP(=O)(O)OCCN)NC(=O)CCCCCCCCCCCCCCCCCCCCCCCCCCCCCCCCCCC. The zero-order valence-electron chi connectivity index (χ0n) is 45.6. The largest absolute Gasteiger partial charge is 0.472 e. The number of amides is 1. The van der Waals surface area contributed by atoms with Crippen molar-refractivity contribution in [1.29, 1.82) is 0 Å². The van der Waals surface area contributed by atoms with Gasteiger partial charge in [0.1, 0.15) is 0 Å². The van der Waals surface area contributed by atoms with Gasteiger partial charge in [-0.2, -0.15) is 0 Å². The van der Waals surface area contributed by atoms with Crippen molar-refractivity contribution in [2.45, 2.75) is 341 Å². The summed E-state index contributed by atoms with van der Waals surface area (Å²) >= 11 is 0. The minimum Gasteiger partial charge on any atom is -0.387 e. The fourth-order valence-corrected chi connectivity index (χ4v) is 10.3. The molecule has 0 radical (unpaired) electrons. The number of carbonyl (C=O) groups excluding carboxylic acids is 1. The van der Waals surface area contributed by atoms with E-state index in [9.17, 15) is 19.4 Å². The fraction of sp³-hybridized carbons (Fsp3) is 0.949. The Balaban J connectivity index is 3.82. The van der Waals surface area contributed by atoms with Gasteiger partial charge in [0, 0.05) is 13.0 Å². The first kappa shape index (κ1) is 67.2. The third-order valence-corrected chi connectivity index (χ3v) is 15.1. The van der Waals surface area contributed by atoms with Crippen LogP contribution in [0.4, 0.5) is 0 Å². The molecular formula is C59H119N2O6P. The number of hydrogen-bond acceptors (Lipinski definition) is 6. The Labute approximate surface area is 424 Å². The average molecular weight is 984 g/mol. The summed E-state index contributed by atoms with van der Waals surface area (Å²) in [6, 6.07) is -0.856. The molecule has 0 aliphatic carbocycles. The summed E-state index contributed by atoms with van der Waals surface area (Å²) in [5, 5.41) is 13.8. The highest BCUT2D eigenvalue weighted by molar-refractivity contribution is 7.47. The minimum atomic E-state index is -4.34. The van der Waals surface area contributed by atoms with Crippen LogP contribution in [-0.2, 0) is 18.4 Å². The quantitative estimate of drug-likeness (QED) is 0.0271. The molecule has 0 spiro atoms. The third-order valence-electron chi connectivity index (χ3n) is 14.1. The maximum atomic E-state index is 12.9. The molecule has 0 bridgehead atoms. The molecule has 0 saturated carbocycles. The van der Waals surface area contributed by atoms with Crippen molar-refractivity contribution >= 4 is 13.7 Å². The lowest BCUT2D eigenvalue weighted by atomic mass is 10.0. The number of unbranched alkanes of at least 4 members (excludes halogenated alkanes) is 46. The van der Waals surface area contributed by atoms with Crippen LogP contribution in [0, 0.1) is 0 Å². The second-order valence-corrected chi connectivity index (χ2v) is 22.4. The summed E-state index contributed by atoms with van der Waals surface area (Å²) < 4.78 is 22.3. The maximum absolute atomic E-state index is 12.9. The zero-order valence-corrected chi connectivity index (χ0v) is 46.5. The second kappa shape index (κ2) is 55.6. The molecule has 0 aromatic rings. The van der Waals surface area contributed by atoms with Crippen LogP contribution in [0.1, 0.15) is 328 Å². The van der Waals surface area contributed by atoms with Crippen LogP contribution in [0.3, 0.4) is 0 Å². The van der Waals surface area contributed by atoms with Crippen molar-refractivity contribution in [2.24, 2.45) is 5.73 Å². The monoisotopic (exact) mass is 983 g/mol. The Kier molecular flexibility index (Phi) is 54.9. The topological polar surface area (TPSA) is 131 Å². The molecule has 3 atom stereocenters. The predicted octanol–water partition coefficient (Wildman–Crippen LogP) is 18.6. The Bertz CT molecular complexity index is 1080. The number of hydrogen-bond donors (Lipinski definition) is 4. The van der Waals surface area contributed by atoms with E-state index in [1.165, 1.54) is 270 Å². The van der Waals surface area contributed by atoms with Crippen LogP contribution in [-0.4, -0.2) is 47.8 Å². The molecule has 406 valence electrons. The van der Waals surface area contributed by atoms with E-state index in [4.69, 9.17) is 14.8 Å². The lowest BCUT2D eigenvalue weighted by Gasteiger charge is -2.23. The van der Waals surface area contributed by atoms with Crippen LogP contribution < -0.4 is 11.1 Å². The molecule has 8 nitrogen and oxygen atoms in total. The van der Waals surface area contributed by atoms with E-state index < -0.39 is 20.0 Å². The summed E-state index contributed by atoms with van der Waals surface area (Å²) in [5.74, 6) is -0.186. The van der Waals surface area contributed by atoms with Gasteiger partial charge in [-0.15, -0.1) is 0 Å². The number of phosphoric ester groups is 1. The number of nitrogens with one attached hydrogen (secondary N) is 1. The van der Waals surface area contributed by atoms with Crippen molar-refractivity contribution in [3.05, 3.63) is 12.2 Å². The first-order valence-corrected chi connectivity index (χ1v) is 31.8. The van der Waals surface area contributed by atoms with E-state index in [1.807, 2.05) is 6.08 Å². The molecule has 0 saturated heterocycles. The number of aliphatic hydroxyl groups is 1. The highest BCUT2D eigenvalue weighted by Crippen LogP contribution is 2.43. The Morgan fingerprint density at radius 1 is 0.471 bits per heavy atom. The molecule has 0 aliphatic rings. The maximum Gasteiger partial charge on any atom is 0.472 e. The summed E-state index contributed by atoms with van der Waals surface area (Å²) in [6.45, 7) is 4.19. The standard InChI is InChI=1S/C59H119N2O6P/c1-3-5-7-9-11-13-15-17-19-21-22-23-24-25-26-27-28-29-30-31-32-33-34-35-36-37-39-41-43-45-47-49-51-53-59(63)61-57(56-67-68(64,65)66-55-54-60)58(62)52-50-48-46-44-42-40-38-20-18-16-14-12-10-8-6-4-2/h50,52,57-58,62H,3-49,51,53-56,60H2,1-2H3,(H,61,63)(H,64,65)/b52-50+/t57-,58+/m0/s1. The fourth-order valence-electron chi connectivity index (χ4n) is 9.55. The molecule has 0 fully saturated rings. The van der Waals surface area contributed by atoms with Gasteiger partial charge in [-0.1, -0.05) is 315 Å². The van der Waals surface area contributed by atoms with Crippen LogP contribution >= 0.6 is 7.82 Å². The smallest absolute Gasteiger partial charge is 0.387 e. The molecule has 5 N–H and O–H groups in total. The molecule has 0 aromatic heterocycles. The lowest BCUT2D eigenvalue weighted by Crippen LogP contribution is -2.45. The van der Waals surface area contributed by atoms with Gasteiger partial charge in [-0.3, -0.25) is 13.8 Å². The molecule has 0 aromatic carbocycles. The van der Waals surface area contributed by atoms with Gasteiger partial charge >= 0.3 is 7.82 Å². The van der Waals surface area contributed by atoms with E-state index in [-0.39, 0.29) is 25.7 Å². The van der Waals surface area contributed by atoms with Crippen molar-refractivity contribution in [3.8, 4) is 0 Å². The number of allylic oxidation sites excluding steroid dienone is 1. The van der Waals surface area contributed by atoms with Crippen molar-refractivity contribution < 1.29 is 28.4 Å². The van der Waals surface area contributed by atoms with Gasteiger partial charge in [-0.25, -0.2) is 4.57 Å². The summed E-state index contributed by atoms with van der Waals surface area (Å²) in [6.07, 6.45) is 67.5. The molecule has 9 heteroatoms. The predicted molar refractivity (Wildman–Crippen MR) is 295 cm³/mol. The van der Waals surface area contributed by atoms with E-state index in [2.05, 4.69) is 19.2 Å². The van der Waals surface area contributed by atoms with Gasteiger partial charge in [0.15, 0.2) is 0 Å². The molecule has 0 aliphatic heterocycles. The Morgan fingerprint density at radius 2 is 0.750 bits per heavy atom. The normalized spacial score (nSPS) is 13.7. The zero-order chi connectivity index (χ0) is 49.5. The van der Waals surface area contributed by atoms with Crippen molar-refractivity contribution in [1.82, 2.24) is 5.32 Å². The van der Waals surface area contributed by atoms with Gasteiger partial charge in [-0.05, 0) is 19.3 Å². The summed E-state index contributed by atoms with van der Waals surface area (Å²) in [5.41, 5.74) is 5.40. The van der Waals surface area contributed by atoms with Gasteiger partial charge in [0.2, 0.25) is 5.91 Å². The summed E-state index contributed by atoms with van der Waals surface area (Å²) in [4.78, 5) is 22.9. The number of nitrogens with two attached hydrogens (primary N) is 1. The van der Waals surface area contributed by atoms with Gasteiger partial charge in [0.25, 0.3) is 0 Å². The number of phosphoric acid groups is 1. The van der Waals surface area contributed by atoms with Crippen molar-refractivity contribution in [3.63, 3.8) is 0 Å². The van der Waals surface area contributed by atoms with E-state index in [0.29, 0.717) is 6.42 Å². The third kappa shape index (κ3) is 53.0. The number of rotatable bonds is 58. The highest BCUT2D eigenvalue weighted by Gasteiger charge is 2.27. The van der Waals surface area contributed by atoms with Crippen LogP contribution in [0.25, 0.3) is 0 Å². The molecule has 0 heterocycles. The molecule has 68 heavy (non-hydrogen) atoms. The van der Waals surface area contributed by atoms with E-state index in [0.717, 1.165) is 38.5 Å². The second-order valence-electron chi connectivity index (χ2n) is 20.9.